The minimum absolute atomic E-state index is 0.0133. The number of quaternary nitrogens is 1. The maximum atomic E-state index is 12.8. The topological polar surface area (TPSA) is 108 Å². The molecule has 0 aliphatic rings. The van der Waals surface area contributed by atoms with E-state index < -0.39 is 20.0 Å². The van der Waals surface area contributed by atoms with Gasteiger partial charge in [-0.05, 0) is 44.9 Å². The van der Waals surface area contributed by atoms with Gasteiger partial charge in [0.2, 0.25) is 5.91 Å². The van der Waals surface area contributed by atoms with Crippen molar-refractivity contribution < 1.29 is 32.9 Å². The lowest BCUT2D eigenvalue weighted by atomic mass is 10.0. The molecule has 8 nitrogen and oxygen atoms in total. The average molecular weight is 939 g/mol. The van der Waals surface area contributed by atoms with Crippen molar-refractivity contribution in [2.24, 2.45) is 0 Å². The highest BCUT2D eigenvalue weighted by Crippen LogP contribution is 2.38. The van der Waals surface area contributed by atoms with Gasteiger partial charge in [-0.1, -0.05) is 250 Å². The third-order valence-corrected chi connectivity index (χ3v) is 13.9. The first-order chi connectivity index (χ1) is 31.5. The molecule has 1 amide bonds. The van der Waals surface area contributed by atoms with Gasteiger partial charge in [0.1, 0.15) is 13.2 Å². The van der Waals surface area contributed by atoms with E-state index in [1.54, 1.807) is 0 Å². The van der Waals surface area contributed by atoms with Crippen LogP contribution in [0.25, 0.3) is 0 Å². The van der Waals surface area contributed by atoms with Crippen molar-refractivity contribution in [1.29, 1.82) is 0 Å². The Morgan fingerprint density at radius 2 is 0.892 bits per heavy atom. The lowest BCUT2D eigenvalue weighted by Crippen LogP contribution is -2.46. The second-order valence-corrected chi connectivity index (χ2v) is 22.1. The minimum Gasteiger partial charge on any atom is -0.756 e. The lowest BCUT2D eigenvalue weighted by molar-refractivity contribution is -0.870. The molecule has 0 aromatic rings. The molecule has 0 saturated carbocycles. The molecule has 386 valence electrons. The summed E-state index contributed by atoms with van der Waals surface area (Å²) in [6.07, 6.45) is 60.3. The summed E-state index contributed by atoms with van der Waals surface area (Å²) in [6.45, 7) is 4.60. The number of amides is 1. The number of nitrogens with zero attached hydrogens (tertiary/aromatic N) is 1. The number of hydrogen-bond donors (Lipinski definition) is 2. The van der Waals surface area contributed by atoms with Crippen LogP contribution in [0.5, 0.6) is 0 Å². The fourth-order valence-electron chi connectivity index (χ4n) is 8.48. The number of likely N-dealkylation sites (N-methyl/N-ethyl adjacent to an activating group) is 1. The van der Waals surface area contributed by atoms with E-state index in [1.807, 2.05) is 21.1 Å². The Morgan fingerprint density at radius 1 is 0.538 bits per heavy atom. The van der Waals surface area contributed by atoms with Crippen LogP contribution in [0.3, 0.4) is 0 Å². The standard InChI is InChI=1S/C56H111N2O6P/c1-6-8-10-12-13-14-15-16-17-18-19-20-21-22-23-24-25-26-27-28-29-30-31-32-33-34-35-36-37-38-39-40-41-42-43-44-45-46-48-50-56(60)57-54(55(59)49-47-11-9-7-2)53-64-65(61,62)63-52-51-58(3,4)5/h15-16,18-19,54-55,59H,6-14,17,20-53H2,1-5H3,(H-,57,60,61,62)/b16-15-,19-18-. The van der Waals surface area contributed by atoms with Crippen LogP contribution in [0.15, 0.2) is 24.3 Å². The second-order valence-electron chi connectivity index (χ2n) is 20.6. The largest absolute Gasteiger partial charge is 0.756 e. The van der Waals surface area contributed by atoms with Gasteiger partial charge < -0.3 is 28.8 Å². The van der Waals surface area contributed by atoms with Crippen LogP contribution in [0.2, 0.25) is 0 Å². The summed E-state index contributed by atoms with van der Waals surface area (Å²) in [4.78, 5) is 25.1. The SMILES string of the molecule is CCCCCCC/C=C\C/C=C\CCCCCCCCCCCCCCCCCCCCCCCCCCCCCC(=O)NC(COP(=O)([O-])OCC[N+](C)(C)C)C(O)CCCCCC. The number of aliphatic hydroxyl groups excluding tert-OH is 1. The number of hydrogen-bond acceptors (Lipinski definition) is 6. The minimum atomic E-state index is -4.54. The Bertz CT molecular complexity index is 1110. The van der Waals surface area contributed by atoms with Crippen LogP contribution in [-0.2, 0) is 18.4 Å². The van der Waals surface area contributed by atoms with E-state index in [-0.39, 0.29) is 19.1 Å². The first-order valence-corrected chi connectivity index (χ1v) is 29.6. The highest BCUT2D eigenvalue weighted by atomic mass is 31.2. The van der Waals surface area contributed by atoms with Crippen molar-refractivity contribution in [3.05, 3.63) is 24.3 Å². The number of aliphatic hydroxyl groups is 1. The monoisotopic (exact) mass is 939 g/mol. The van der Waals surface area contributed by atoms with Crippen molar-refractivity contribution in [1.82, 2.24) is 5.32 Å². The van der Waals surface area contributed by atoms with Gasteiger partial charge >= 0.3 is 0 Å². The van der Waals surface area contributed by atoms with Crippen LogP contribution < -0.4 is 10.2 Å². The molecule has 0 aliphatic carbocycles. The number of phosphoric ester groups is 1. The summed E-state index contributed by atoms with van der Waals surface area (Å²) >= 11 is 0. The van der Waals surface area contributed by atoms with Crippen molar-refractivity contribution in [2.75, 3.05) is 40.9 Å². The number of unbranched alkanes of at least 4 members (excludes halogenated alkanes) is 35. The zero-order valence-corrected chi connectivity index (χ0v) is 44.9. The molecule has 0 aromatic heterocycles. The fraction of sp³-hybridized carbons (Fsp3) is 0.911. The van der Waals surface area contributed by atoms with E-state index >= 15 is 0 Å². The molecule has 0 rings (SSSR count). The van der Waals surface area contributed by atoms with Crippen molar-refractivity contribution in [3.63, 3.8) is 0 Å². The Morgan fingerprint density at radius 3 is 1.28 bits per heavy atom. The first kappa shape index (κ1) is 64.0. The van der Waals surface area contributed by atoms with Crippen LogP contribution in [-0.4, -0.2) is 68.5 Å². The predicted octanol–water partition coefficient (Wildman–Crippen LogP) is 16.2. The Hall–Kier alpha value is -1.02. The quantitative estimate of drug-likeness (QED) is 0.0272. The number of phosphoric acid groups is 1. The lowest BCUT2D eigenvalue weighted by Gasteiger charge is -2.30. The molecule has 0 spiro atoms. The summed E-state index contributed by atoms with van der Waals surface area (Å²) in [7, 11) is 1.31. The van der Waals surface area contributed by atoms with Gasteiger partial charge in [-0.3, -0.25) is 9.36 Å². The number of carbonyl (C=O) groups is 1. The number of allylic oxidation sites excluding steroid dienone is 4. The zero-order chi connectivity index (χ0) is 47.8. The molecule has 0 radical (unpaired) electrons. The van der Waals surface area contributed by atoms with Gasteiger partial charge in [0, 0.05) is 6.42 Å². The van der Waals surface area contributed by atoms with Crippen LogP contribution >= 0.6 is 7.82 Å². The molecule has 0 heterocycles. The van der Waals surface area contributed by atoms with Gasteiger partial charge in [0.15, 0.2) is 0 Å². The molecule has 0 aliphatic heterocycles. The molecular formula is C56H111N2O6P. The van der Waals surface area contributed by atoms with Crippen LogP contribution in [0, 0.1) is 0 Å². The Kier molecular flexibility index (Phi) is 47.3. The summed E-state index contributed by atoms with van der Waals surface area (Å²) in [5.74, 6) is -0.169. The van der Waals surface area contributed by atoms with E-state index in [0.29, 0.717) is 23.9 Å². The van der Waals surface area contributed by atoms with Crippen molar-refractivity contribution >= 4 is 13.7 Å². The molecule has 2 N–H and O–H groups in total. The van der Waals surface area contributed by atoms with Gasteiger partial charge in [0.05, 0.1) is 39.9 Å². The normalized spacial score (nSPS) is 14.1. The predicted molar refractivity (Wildman–Crippen MR) is 279 cm³/mol. The van der Waals surface area contributed by atoms with E-state index in [9.17, 15) is 19.4 Å². The van der Waals surface area contributed by atoms with Gasteiger partial charge in [-0.15, -0.1) is 0 Å². The number of nitrogens with one attached hydrogen (secondary N) is 1. The van der Waals surface area contributed by atoms with Gasteiger partial charge in [-0.25, -0.2) is 0 Å². The van der Waals surface area contributed by atoms with Crippen LogP contribution in [0.1, 0.15) is 277 Å². The first-order valence-electron chi connectivity index (χ1n) is 28.2. The maximum absolute atomic E-state index is 12.8. The van der Waals surface area contributed by atoms with Crippen molar-refractivity contribution in [2.45, 2.75) is 289 Å². The molecule has 3 atom stereocenters. The fourth-order valence-corrected chi connectivity index (χ4v) is 9.21. The van der Waals surface area contributed by atoms with E-state index in [0.717, 1.165) is 51.4 Å². The molecule has 9 heteroatoms. The third kappa shape index (κ3) is 50.7. The Labute approximate surface area is 404 Å². The average Bonchev–Trinajstić information content (AvgIpc) is 3.26. The van der Waals surface area contributed by atoms with Crippen molar-refractivity contribution in [3.8, 4) is 0 Å². The Balaban J connectivity index is 3.61. The molecular weight excluding hydrogens is 828 g/mol. The van der Waals surface area contributed by atoms with E-state index in [1.165, 1.54) is 199 Å². The molecule has 0 aromatic carbocycles. The third-order valence-electron chi connectivity index (χ3n) is 12.9. The molecule has 0 fully saturated rings. The smallest absolute Gasteiger partial charge is 0.268 e. The summed E-state index contributed by atoms with van der Waals surface area (Å²) in [5.41, 5.74) is 0. The highest BCUT2D eigenvalue weighted by Gasteiger charge is 2.24. The summed E-state index contributed by atoms with van der Waals surface area (Å²) in [5, 5.41) is 13.7. The van der Waals surface area contributed by atoms with Gasteiger partial charge in [0.25, 0.3) is 7.82 Å². The summed E-state index contributed by atoms with van der Waals surface area (Å²) < 4.78 is 23.1. The summed E-state index contributed by atoms with van der Waals surface area (Å²) in [6, 6.07) is -0.792. The number of rotatable bonds is 52. The zero-order valence-electron chi connectivity index (χ0n) is 44.0. The van der Waals surface area contributed by atoms with Crippen LogP contribution in [0.4, 0.5) is 0 Å². The molecule has 3 unspecified atom stereocenters. The second kappa shape index (κ2) is 48.0. The van der Waals surface area contributed by atoms with E-state index in [4.69, 9.17) is 9.05 Å². The highest BCUT2D eigenvalue weighted by molar-refractivity contribution is 7.45. The van der Waals surface area contributed by atoms with Gasteiger partial charge in [-0.2, -0.15) is 0 Å². The maximum Gasteiger partial charge on any atom is 0.268 e. The molecule has 0 saturated heterocycles. The van der Waals surface area contributed by atoms with E-state index in [2.05, 4.69) is 43.5 Å². The molecule has 65 heavy (non-hydrogen) atoms. The molecule has 0 bridgehead atoms. The number of carbonyl (C=O) groups excluding carboxylic acids is 1.